The zero-order valence-corrected chi connectivity index (χ0v) is 10.7. The summed E-state index contributed by atoms with van der Waals surface area (Å²) in [7, 11) is 3.83. The zero-order valence-electron chi connectivity index (χ0n) is 10.7. The first kappa shape index (κ1) is 12.2. The van der Waals surface area contributed by atoms with Crippen LogP contribution in [-0.4, -0.2) is 19.2 Å². The molecule has 0 spiro atoms. The molecule has 0 amide bonds. The first-order valence-corrected chi connectivity index (χ1v) is 5.91. The fraction of sp³-hybridized carbons (Fsp3) is 0.125. The SMILES string of the molecule is CN(C)c1cccc(/C=C/c2ccccc2)c1O. The molecule has 92 valence electrons. The highest BCUT2D eigenvalue weighted by Gasteiger charge is 2.05. The molecule has 0 bridgehead atoms. The van der Waals surface area contributed by atoms with Crippen LogP contribution in [0.4, 0.5) is 5.69 Å². The van der Waals surface area contributed by atoms with E-state index in [1.165, 1.54) is 0 Å². The highest BCUT2D eigenvalue weighted by molar-refractivity contribution is 5.76. The number of para-hydroxylation sites is 1. The molecule has 0 saturated heterocycles. The lowest BCUT2D eigenvalue weighted by Crippen LogP contribution is -2.08. The Balaban J connectivity index is 2.30. The van der Waals surface area contributed by atoms with Crippen LogP contribution in [0, 0.1) is 0 Å². The Morgan fingerprint density at radius 3 is 2.28 bits per heavy atom. The van der Waals surface area contributed by atoms with Crippen LogP contribution in [0.5, 0.6) is 5.75 Å². The average Bonchev–Trinajstić information content (AvgIpc) is 2.38. The van der Waals surface area contributed by atoms with E-state index in [4.69, 9.17) is 0 Å². The number of aromatic hydroxyl groups is 1. The van der Waals surface area contributed by atoms with Crippen LogP contribution in [0.2, 0.25) is 0 Å². The summed E-state index contributed by atoms with van der Waals surface area (Å²) < 4.78 is 0. The summed E-state index contributed by atoms with van der Waals surface area (Å²) >= 11 is 0. The van der Waals surface area contributed by atoms with Crippen LogP contribution in [0.1, 0.15) is 11.1 Å². The molecule has 0 saturated carbocycles. The molecular formula is C16H17NO. The Hall–Kier alpha value is -2.22. The predicted octanol–water partition coefficient (Wildman–Crippen LogP) is 3.63. The van der Waals surface area contributed by atoms with Gasteiger partial charge in [-0.25, -0.2) is 0 Å². The Morgan fingerprint density at radius 1 is 0.889 bits per heavy atom. The molecule has 0 fully saturated rings. The molecule has 0 aliphatic carbocycles. The molecule has 2 rings (SSSR count). The molecule has 0 heterocycles. The summed E-state index contributed by atoms with van der Waals surface area (Å²) in [4.78, 5) is 1.90. The summed E-state index contributed by atoms with van der Waals surface area (Å²) in [6.45, 7) is 0. The molecule has 18 heavy (non-hydrogen) atoms. The van der Waals surface area contributed by atoms with Gasteiger partial charge in [0.15, 0.2) is 0 Å². The van der Waals surface area contributed by atoms with E-state index in [0.29, 0.717) is 5.75 Å². The van der Waals surface area contributed by atoms with Crippen molar-refractivity contribution in [1.29, 1.82) is 0 Å². The van der Waals surface area contributed by atoms with Crippen molar-refractivity contribution in [2.24, 2.45) is 0 Å². The van der Waals surface area contributed by atoms with Crippen LogP contribution in [-0.2, 0) is 0 Å². The van der Waals surface area contributed by atoms with Gasteiger partial charge in [0, 0.05) is 19.7 Å². The second kappa shape index (κ2) is 5.41. The van der Waals surface area contributed by atoms with E-state index in [2.05, 4.69) is 0 Å². The largest absolute Gasteiger partial charge is 0.505 e. The van der Waals surface area contributed by atoms with E-state index >= 15 is 0 Å². The van der Waals surface area contributed by atoms with Crippen molar-refractivity contribution in [1.82, 2.24) is 0 Å². The quantitative estimate of drug-likeness (QED) is 0.827. The number of phenolic OH excluding ortho intramolecular Hbond substituents is 1. The van der Waals surface area contributed by atoms with Gasteiger partial charge in [-0.1, -0.05) is 54.6 Å². The molecule has 2 heteroatoms. The van der Waals surface area contributed by atoms with Gasteiger partial charge >= 0.3 is 0 Å². The molecule has 0 radical (unpaired) electrons. The van der Waals surface area contributed by atoms with Gasteiger partial charge in [-0.3, -0.25) is 0 Å². The highest BCUT2D eigenvalue weighted by Crippen LogP contribution is 2.30. The highest BCUT2D eigenvalue weighted by atomic mass is 16.3. The van der Waals surface area contributed by atoms with Gasteiger partial charge in [0.2, 0.25) is 0 Å². The van der Waals surface area contributed by atoms with E-state index in [-0.39, 0.29) is 0 Å². The molecular weight excluding hydrogens is 222 g/mol. The molecule has 0 aliphatic rings. The molecule has 0 atom stereocenters. The number of rotatable bonds is 3. The summed E-state index contributed by atoms with van der Waals surface area (Å²) in [5.74, 6) is 0.315. The van der Waals surface area contributed by atoms with Crippen LogP contribution in [0.25, 0.3) is 12.2 Å². The molecule has 1 N–H and O–H groups in total. The molecule has 2 aromatic carbocycles. The van der Waals surface area contributed by atoms with Gasteiger partial charge in [-0.15, -0.1) is 0 Å². The monoisotopic (exact) mass is 239 g/mol. The second-order valence-electron chi connectivity index (χ2n) is 4.35. The van der Waals surface area contributed by atoms with Crippen molar-refractivity contribution in [3.05, 3.63) is 59.7 Å². The van der Waals surface area contributed by atoms with Crippen molar-refractivity contribution < 1.29 is 5.11 Å². The fourth-order valence-electron chi connectivity index (χ4n) is 1.79. The Labute approximate surface area is 108 Å². The Bertz CT molecular complexity index is 544. The van der Waals surface area contributed by atoms with Crippen molar-refractivity contribution in [3.8, 4) is 5.75 Å². The van der Waals surface area contributed by atoms with Gasteiger partial charge in [0.25, 0.3) is 0 Å². The number of hydrogen-bond acceptors (Lipinski definition) is 2. The Kier molecular flexibility index (Phi) is 3.68. The minimum atomic E-state index is 0.315. The van der Waals surface area contributed by atoms with Gasteiger partial charge in [0.1, 0.15) is 5.75 Å². The maximum absolute atomic E-state index is 10.1. The number of benzene rings is 2. The number of anilines is 1. The minimum absolute atomic E-state index is 0.315. The van der Waals surface area contributed by atoms with Gasteiger partial charge in [-0.2, -0.15) is 0 Å². The van der Waals surface area contributed by atoms with Gasteiger partial charge < -0.3 is 10.0 Å². The van der Waals surface area contributed by atoms with E-state index in [0.717, 1.165) is 16.8 Å². The summed E-state index contributed by atoms with van der Waals surface area (Å²) in [6.07, 6.45) is 3.92. The Morgan fingerprint density at radius 2 is 1.61 bits per heavy atom. The van der Waals surface area contributed by atoms with Crippen molar-refractivity contribution in [2.75, 3.05) is 19.0 Å². The predicted molar refractivity (Wildman–Crippen MR) is 77.8 cm³/mol. The fourth-order valence-corrected chi connectivity index (χ4v) is 1.79. The lowest BCUT2D eigenvalue weighted by Gasteiger charge is -2.15. The van der Waals surface area contributed by atoms with Crippen LogP contribution in [0.15, 0.2) is 48.5 Å². The van der Waals surface area contributed by atoms with Crippen molar-refractivity contribution in [3.63, 3.8) is 0 Å². The van der Waals surface area contributed by atoms with Crippen molar-refractivity contribution >= 4 is 17.8 Å². The van der Waals surface area contributed by atoms with E-state index in [1.54, 1.807) is 0 Å². The standard InChI is InChI=1S/C16H17NO/c1-17(2)15-10-6-9-14(16(15)18)12-11-13-7-4-3-5-8-13/h3-12,18H,1-2H3/b12-11+. The molecule has 0 unspecified atom stereocenters. The normalized spacial score (nSPS) is 10.8. The smallest absolute Gasteiger partial charge is 0.146 e. The van der Waals surface area contributed by atoms with E-state index in [1.807, 2.05) is 79.7 Å². The first-order chi connectivity index (χ1) is 8.68. The topological polar surface area (TPSA) is 23.5 Å². The molecule has 0 aromatic heterocycles. The summed E-state index contributed by atoms with van der Waals surface area (Å²) in [5, 5.41) is 10.1. The van der Waals surface area contributed by atoms with Gasteiger partial charge in [-0.05, 0) is 11.6 Å². The maximum Gasteiger partial charge on any atom is 0.146 e. The maximum atomic E-state index is 10.1. The van der Waals surface area contributed by atoms with Crippen molar-refractivity contribution in [2.45, 2.75) is 0 Å². The molecule has 0 aliphatic heterocycles. The zero-order chi connectivity index (χ0) is 13.0. The van der Waals surface area contributed by atoms with Crippen LogP contribution >= 0.6 is 0 Å². The lowest BCUT2D eigenvalue weighted by molar-refractivity contribution is 0.474. The third-order valence-electron chi connectivity index (χ3n) is 2.78. The second-order valence-corrected chi connectivity index (χ2v) is 4.35. The first-order valence-electron chi connectivity index (χ1n) is 5.91. The average molecular weight is 239 g/mol. The van der Waals surface area contributed by atoms with Crippen LogP contribution < -0.4 is 4.90 Å². The van der Waals surface area contributed by atoms with E-state index in [9.17, 15) is 5.11 Å². The van der Waals surface area contributed by atoms with E-state index < -0.39 is 0 Å². The van der Waals surface area contributed by atoms with Gasteiger partial charge in [0.05, 0.1) is 5.69 Å². The lowest BCUT2D eigenvalue weighted by atomic mass is 10.1. The third kappa shape index (κ3) is 2.72. The molecule has 2 aromatic rings. The van der Waals surface area contributed by atoms with Crippen LogP contribution in [0.3, 0.4) is 0 Å². The molecule has 2 nitrogen and oxygen atoms in total. The number of hydrogen-bond donors (Lipinski definition) is 1. The number of phenols is 1. The summed E-state index contributed by atoms with van der Waals surface area (Å²) in [6, 6.07) is 15.8. The third-order valence-corrected chi connectivity index (χ3v) is 2.78. The minimum Gasteiger partial charge on any atom is -0.505 e. The summed E-state index contributed by atoms with van der Waals surface area (Å²) in [5.41, 5.74) is 2.77. The number of nitrogens with zero attached hydrogens (tertiary/aromatic N) is 1.